The number of rotatable bonds is 7. The Balaban J connectivity index is 1.88. The molecule has 0 saturated heterocycles. The molecule has 0 bridgehead atoms. The predicted octanol–water partition coefficient (Wildman–Crippen LogP) is 4.12. The number of carbonyl (C=O) groups excluding carboxylic acids is 2. The van der Waals surface area contributed by atoms with Crippen molar-refractivity contribution < 1.29 is 14.3 Å². The van der Waals surface area contributed by atoms with Crippen molar-refractivity contribution in [3.8, 4) is 11.3 Å². The highest BCUT2D eigenvalue weighted by Crippen LogP contribution is 2.24. The van der Waals surface area contributed by atoms with Gasteiger partial charge in [-0.05, 0) is 19.3 Å². The number of benzene rings is 1. The van der Waals surface area contributed by atoms with E-state index in [4.69, 9.17) is 4.74 Å². The number of amides is 1. The summed E-state index contributed by atoms with van der Waals surface area (Å²) in [5.74, 6) is -0.300. The van der Waals surface area contributed by atoms with E-state index in [1.54, 1.807) is 6.92 Å². The second-order valence-electron chi connectivity index (χ2n) is 5.96. The molecule has 0 aliphatic heterocycles. The summed E-state index contributed by atoms with van der Waals surface area (Å²) in [6.45, 7) is 5.64. The van der Waals surface area contributed by atoms with Crippen molar-refractivity contribution in [3.63, 3.8) is 0 Å². The second-order valence-corrected chi connectivity index (χ2v) is 6.82. The zero-order chi connectivity index (χ0) is 17.5. The van der Waals surface area contributed by atoms with Gasteiger partial charge in [0.05, 0.1) is 5.69 Å². The van der Waals surface area contributed by atoms with Gasteiger partial charge in [0.1, 0.15) is 0 Å². The third kappa shape index (κ3) is 5.45. The van der Waals surface area contributed by atoms with Gasteiger partial charge in [0.2, 0.25) is 0 Å². The van der Waals surface area contributed by atoms with Gasteiger partial charge in [-0.2, -0.15) is 0 Å². The first-order chi connectivity index (χ1) is 11.5. The fraction of sp³-hybridized carbons (Fsp3) is 0.389. The quantitative estimate of drug-likeness (QED) is 0.766. The van der Waals surface area contributed by atoms with Crippen LogP contribution in [-0.2, 0) is 14.3 Å². The molecule has 0 spiro atoms. The van der Waals surface area contributed by atoms with Gasteiger partial charge in [-0.3, -0.25) is 14.9 Å². The average molecular weight is 346 g/mol. The summed E-state index contributed by atoms with van der Waals surface area (Å²) in [5, 5.41) is 5.06. The standard InChI is InChI=1S/C18H22N2O3S/c1-12(2)9-10-16(21)23-13(3)17(22)20-18-19-15(11-24-18)14-7-5-4-6-8-14/h4-8,11-13H,9-10H2,1-3H3,(H,19,20,22). The number of hydrogen-bond acceptors (Lipinski definition) is 5. The van der Waals surface area contributed by atoms with Gasteiger partial charge in [0, 0.05) is 17.4 Å². The topological polar surface area (TPSA) is 68.3 Å². The largest absolute Gasteiger partial charge is 0.453 e. The number of esters is 1. The van der Waals surface area contributed by atoms with Gasteiger partial charge in [0.25, 0.3) is 5.91 Å². The lowest BCUT2D eigenvalue weighted by molar-refractivity contribution is -0.153. The smallest absolute Gasteiger partial charge is 0.306 e. The van der Waals surface area contributed by atoms with Crippen LogP contribution in [0.4, 0.5) is 5.13 Å². The number of ether oxygens (including phenoxy) is 1. The third-order valence-corrected chi connectivity index (χ3v) is 4.16. The fourth-order valence-electron chi connectivity index (χ4n) is 2.00. The first-order valence-corrected chi connectivity index (χ1v) is 8.85. The number of thiazole rings is 1. The van der Waals surface area contributed by atoms with Crippen LogP contribution in [0.25, 0.3) is 11.3 Å². The predicted molar refractivity (Wildman–Crippen MR) is 95.8 cm³/mol. The molecule has 6 heteroatoms. The van der Waals surface area contributed by atoms with Crippen molar-refractivity contribution in [1.29, 1.82) is 0 Å². The molecule has 128 valence electrons. The number of aromatic nitrogens is 1. The molecular formula is C18H22N2O3S. The number of hydrogen-bond donors (Lipinski definition) is 1. The Labute approximate surface area is 146 Å². The lowest BCUT2D eigenvalue weighted by Crippen LogP contribution is -2.30. The Kier molecular flexibility index (Phi) is 6.49. The van der Waals surface area contributed by atoms with E-state index in [0.29, 0.717) is 17.5 Å². The molecule has 5 nitrogen and oxygen atoms in total. The maximum absolute atomic E-state index is 12.1. The van der Waals surface area contributed by atoms with E-state index < -0.39 is 6.10 Å². The zero-order valence-electron chi connectivity index (χ0n) is 14.1. The fourth-order valence-corrected chi connectivity index (χ4v) is 2.72. The molecule has 1 unspecified atom stereocenters. The van der Waals surface area contributed by atoms with Gasteiger partial charge in [0.15, 0.2) is 11.2 Å². The number of carbonyl (C=O) groups is 2. The van der Waals surface area contributed by atoms with Gasteiger partial charge >= 0.3 is 5.97 Å². The molecule has 2 rings (SSSR count). The molecular weight excluding hydrogens is 324 g/mol. The maximum Gasteiger partial charge on any atom is 0.306 e. The maximum atomic E-state index is 12.1. The Morgan fingerprint density at radius 2 is 1.92 bits per heavy atom. The van der Waals surface area contributed by atoms with Crippen LogP contribution in [0.3, 0.4) is 0 Å². The molecule has 0 radical (unpaired) electrons. The van der Waals surface area contributed by atoms with Crippen LogP contribution in [0.5, 0.6) is 0 Å². The molecule has 1 N–H and O–H groups in total. The minimum atomic E-state index is -0.839. The Hall–Kier alpha value is -2.21. The van der Waals surface area contributed by atoms with E-state index in [1.807, 2.05) is 49.6 Å². The minimum Gasteiger partial charge on any atom is -0.453 e. The van der Waals surface area contributed by atoms with Crippen molar-refractivity contribution in [2.45, 2.75) is 39.7 Å². The van der Waals surface area contributed by atoms with Gasteiger partial charge in [-0.1, -0.05) is 44.2 Å². The third-order valence-electron chi connectivity index (χ3n) is 3.41. The Bertz CT molecular complexity index is 683. The molecule has 0 saturated carbocycles. The SMILES string of the molecule is CC(C)CCC(=O)OC(C)C(=O)Nc1nc(-c2ccccc2)cs1. The highest BCUT2D eigenvalue weighted by molar-refractivity contribution is 7.14. The van der Waals surface area contributed by atoms with Crippen LogP contribution in [0.1, 0.15) is 33.6 Å². The van der Waals surface area contributed by atoms with E-state index in [9.17, 15) is 9.59 Å². The van der Waals surface area contributed by atoms with Crippen molar-refractivity contribution in [2.75, 3.05) is 5.32 Å². The van der Waals surface area contributed by atoms with Crippen LogP contribution in [0.2, 0.25) is 0 Å². The average Bonchev–Trinajstić information content (AvgIpc) is 3.02. The van der Waals surface area contributed by atoms with E-state index in [2.05, 4.69) is 10.3 Å². The Morgan fingerprint density at radius 3 is 2.58 bits per heavy atom. The van der Waals surface area contributed by atoms with Crippen molar-refractivity contribution in [1.82, 2.24) is 4.98 Å². The van der Waals surface area contributed by atoms with Crippen molar-refractivity contribution in [3.05, 3.63) is 35.7 Å². The molecule has 0 aliphatic rings. The number of nitrogens with one attached hydrogen (secondary N) is 1. The summed E-state index contributed by atoms with van der Waals surface area (Å²) < 4.78 is 5.15. The number of anilines is 1. The lowest BCUT2D eigenvalue weighted by atomic mass is 10.1. The molecule has 1 atom stereocenters. The van der Waals surface area contributed by atoms with Crippen LogP contribution >= 0.6 is 11.3 Å². The molecule has 1 aromatic carbocycles. The molecule has 0 aliphatic carbocycles. The van der Waals surface area contributed by atoms with Gasteiger partial charge in [-0.15, -0.1) is 11.3 Å². The van der Waals surface area contributed by atoms with Crippen LogP contribution in [0.15, 0.2) is 35.7 Å². The Morgan fingerprint density at radius 1 is 1.21 bits per heavy atom. The van der Waals surface area contributed by atoms with E-state index in [1.165, 1.54) is 11.3 Å². The monoisotopic (exact) mass is 346 g/mol. The zero-order valence-corrected chi connectivity index (χ0v) is 14.9. The van der Waals surface area contributed by atoms with Crippen molar-refractivity contribution >= 4 is 28.3 Å². The molecule has 24 heavy (non-hydrogen) atoms. The minimum absolute atomic E-state index is 0.324. The highest BCUT2D eigenvalue weighted by atomic mass is 32.1. The first-order valence-electron chi connectivity index (χ1n) is 7.97. The molecule has 1 aromatic heterocycles. The van der Waals surface area contributed by atoms with Crippen LogP contribution in [-0.4, -0.2) is 23.0 Å². The lowest BCUT2D eigenvalue weighted by Gasteiger charge is -2.12. The van der Waals surface area contributed by atoms with Crippen LogP contribution in [0, 0.1) is 5.92 Å². The normalized spacial score (nSPS) is 12.0. The summed E-state index contributed by atoms with van der Waals surface area (Å²) in [5.41, 5.74) is 1.79. The number of nitrogens with zero attached hydrogens (tertiary/aromatic N) is 1. The summed E-state index contributed by atoms with van der Waals surface area (Å²) in [4.78, 5) is 28.2. The van der Waals surface area contributed by atoms with Gasteiger partial charge in [-0.25, -0.2) is 4.98 Å². The molecule has 1 heterocycles. The molecule has 1 amide bonds. The molecule has 2 aromatic rings. The second kappa shape index (κ2) is 8.59. The summed E-state index contributed by atoms with van der Waals surface area (Å²) in [6, 6.07) is 9.73. The summed E-state index contributed by atoms with van der Waals surface area (Å²) in [7, 11) is 0. The van der Waals surface area contributed by atoms with Crippen molar-refractivity contribution in [2.24, 2.45) is 5.92 Å². The molecule has 0 fully saturated rings. The highest BCUT2D eigenvalue weighted by Gasteiger charge is 2.19. The van der Waals surface area contributed by atoms with E-state index >= 15 is 0 Å². The summed E-state index contributed by atoms with van der Waals surface area (Å²) in [6.07, 6.45) is 0.235. The first kappa shape index (κ1) is 18.1. The van der Waals surface area contributed by atoms with E-state index in [-0.39, 0.29) is 11.9 Å². The van der Waals surface area contributed by atoms with Gasteiger partial charge < -0.3 is 4.74 Å². The van der Waals surface area contributed by atoms with Crippen LogP contribution < -0.4 is 5.32 Å². The van der Waals surface area contributed by atoms with E-state index in [0.717, 1.165) is 17.7 Å². The summed E-state index contributed by atoms with van der Waals surface area (Å²) >= 11 is 1.34.